The number of carbonyl (C=O) groups is 1. The SMILES string of the molecule is Cn1ncc(Cl)c1CNC(=O)c1ccn(COc2ccc(Cl)cc2Cl)n1. The van der Waals surface area contributed by atoms with Crippen molar-refractivity contribution in [1.82, 2.24) is 24.9 Å². The first-order valence-electron chi connectivity index (χ1n) is 7.50. The third kappa shape index (κ3) is 4.30. The van der Waals surface area contributed by atoms with Gasteiger partial charge in [0.15, 0.2) is 6.73 Å². The minimum absolute atomic E-state index is 0.0994. The van der Waals surface area contributed by atoms with E-state index in [0.717, 1.165) is 0 Å². The highest BCUT2D eigenvalue weighted by atomic mass is 35.5. The monoisotopic (exact) mass is 413 g/mol. The predicted molar refractivity (Wildman–Crippen MR) is 98.7 cm³/mol. The van der Waals surface area contributed by atoms with Crippen molar-refractivity contribution in [3.05, 3.63) is 63.1 Å². The quantitative estimate of drug-likeness (QED) is 0.669. The number of benzene rings is 1. The van der Waals surface area contributed by atoms with E-state index in [1.165, 1.54) is 10.9 Å². The van der Waals surface area contributed by atoms with E-state index in [0.29, 0.717) is 26.5 Å². The van der Waals surface area contributed by atoms with Gasteiger partial charge in [-0.05, 0) is 24.3 Å². The molecule has 0 saturated heterocycles. The number of carbonyl (C=O) groups excluding carboxylic acids is 1. The second kappa shape index (κ2) is 7.99. The van der Waals surface area contributed by atoms with Crippen molar-refractivity contribution in [2.24, 2.45) is 7.05 Å². The summed E-state index contributed by atoms with van der Waals surface area (Å²) < 4.78 is 8.66. The van der Waals surface area contributed by atoms with E-state index in [1.807, 2.05) is 0 Å². The van der Waals surface area contributed by atoms with E-state index in [2.05, 4.69) is 15.5 Å². The molecule has 0 bridgehead atoms. The molecule has 1 amide bonds. The maximum absolute atomic E-state index is 12.2. The highest BCUT2D eigenvalue weighted by Gasteiger charge is 2.12. The lowest BCUT2D eigenvalue weighted by Crippen LogP contribution is -2.25. The van der Waals surface area contributed by atoms with Crippen molar-refractivity contribution in [2.75, 3.05) is 0 Å². The lowest BCUT2D eigenvalue weighted by atomic mass is 10.3. The summed E-state index contributed by atoms with van der Waals surface area (Å²) in [4.78, 5) is 12.2. The summed E-state index contributed by atoms with van der Waals surface area (Å²) in [7, 11) is 1.75. The Morgan fingerprint density at radius 1 is 1.23 bits per heavy atom. The van der Waals surface area contributed by atoms with Gasteiger partial charge in [0, 0.05) is 18.3 Å². The van der Waals surface area contributed by atoms with Crippen molar-refractivity contribution >= 4 is 40.7 Å². The van der Waals surface area contributed by atoms with Crippen LogP contribution >= 0.6 is 34.8 Å². The van der Waals surface area contributed by atoms with E-state index < -0.39 is 0 Å². The Morgan fingerprint density at radius 3 is 2.73 bits per heavy atom. The van der Waals surface area contributed by atoms with Crippen molar-refractivity contribution in [1.29, 1.82) is 0 Å². The summed E-state index contributed by atoms with van der Waals surface area (Å²) in [6, 6.07) is 6.52. The summed E-state index contributed by atoms with van der Waals surface area (Å²) in [5.74, 6) is 0.147. The molecule has 0 atom stereocenters. The minimum atomic E-state index is -0.328. The first kappa shape index (κ1) is 18.6. The molecule has 0 fully saturated rings. The highest BCUT2D eigenvalue weighted by molar-refractivity contribution is 6.35. The molecule has 2 aromatic heterocycles. The number of aromatic nitrogens is 4. The number of aryl methyl sites for hydroxylation is 1. The van der Waals surface area contributed by atoms with Gasteiger partial charge >= 0.3 is 0 Å². The molecule has 0 aliphatic rings. The van der Waals surface area contributed by atoms with Crippen LogP contribution in [0.2, 0.25) is 15.1 Å². The number of rotatable bonds is 6. The average Bonchev–Trinajstić information content (AvgIpc) is 3.19. The van der Waals surface area contributed by atoms with Crippen LogP contribution in [0.1, 0.15) is 16.2 Å². The fourth-order valence-electron chi connectivity index (χ4n) is 2.17. The van der Waals surface area contributed by atoms with Crippen molar-refractivity contribution in [3.63, 3.8) is 0 Å². The Labute approximate surface area is 164 Å². The second-order valence-electron chi connectivity index (χ2n) is 5.33. The molecule has 136 valence electrons. The molecule has 0 aliphatic heterocycles. The van der Waals surface area contributed by atoms with Gasteiger partial charge in [-0.2, -0.15) is 10.2 Å². The maximum Gasteiger partial charge on any atom is 0.272 e. The summed E-state index contributed by atoms with van der Waals surface area (Å²) in [5, 5.41) is 12.3. The molecule has 0 saturated carbocycles. The number of nitrogens with zero attached hydrogens (tertiary/aromatic N) is 4. The highest BCUT2D eigenvalue weighted by Crippen LogP contribution is 2.27. The number of nitrogens with one attached hydrogen (secondary N) is 1. The van der Waals surface area contributed by atoms with Crippen LogP contribution in [0.3, 0.4) is 0 Å². The number of hydrogen-bond donors (Lipinski definition) is 1. The summed E-state index contributed by atoms with van der Waals surface area (Å²) >= 11 is 17.9. The molecule has 1 N–H and O–H groups in total. The number of halogens is 3. The Hall–Kier alpha value is -2.22. The molecule has 3 aromatic rings. The van der Waals surface area contributed by atoms with Crippen LogP contribution in [0, 0.1) is 0 Å². The minimum Gasteiger partial charge on any atom is -0.470 e. The molecule has 1 aromatic carbocycles. The molecule has 2 heterocycles. The molecule has 26 heavy (non-hydrogen) atoms. The van der Waals surface area contributed by atoms with Gasteiger partial charge < -0.3 is 10.1 Å². The van der Waals surface area contributed by atoms with Gasteiger partial charge in [-0.15, -0.1) is 0 Å². The van der Waals surface area contributed by atoms with Crippen LogP contribution in [-0.4, -0.2) is 25.5 Å². The van der Waals surface area contributed by atoms with E-state index in [9.17, 15) is 4.79 Å². The first-order chi connectivity index (χ1) is 12.4. The van der Waals surface area contributed by atoms with Gasteiger partial charge in [0.05, 0.1) is 28.5 Å². The first-order valence-corrected chi connectivity index (χ1v) is 8.63. The van der Waals surface area contributed by atoms with Crippen LogP contribution in [0.15, 0.2) is 36.7 Å². The van der Waals surface area contributed by atoms with Gasteiger partial charge in [-0.25, -0.2) is 4.68 Å². The van der Waals surface area contributed by atoms with Gasteiger partial charge in [-0.1, -0.05) is 34.8 Å². The van der Waals surface area contributed by atoms with Crippen LogP contribution in [0.4, 0.5) is 0 Å². The number of ether oxygens (including phenoxy) is 1. The van der Waals surface area contributed by atoms with Crippen molar-refractivity contribution < 1.29 is 9.53 Å². The Morgan fingerprint density at radius 2 is 2.04 bits per heavy atom. The second-order valence-corrected chi connectivity index (χ2v) is 6.58. The zero-order chi connectivity index (χ0) is 18.7. The fourth-order valence-corrected chi connectivity index (χ4v) is 2.87. The maximum atomic E-state index is 12.2. The predicted octanol–water partition coefficient (Wildman–Crippen LogP) is 3.54. The largest absolute Gasteiger partial charge is 0.470 e. The summed E-state index contributed by atoms with van der Waals surface area (Å²) in [6.07, 6.45) is 3.16. The van der Waals surface area contributed by atoms with E-state index in [-0.39, 0.29) is 24.9 Å². The van der Waals surface area contributed by atoms with Gasteiger partial charge in [-0.3, -0.25) is 9.48 Å². The number of amides is 1. The zero-order valence-electron chi connectivity index (χ0n) is 13.6. The van der Waals surface area contributed by atoms with Crippen LogP contribution < -0.4 is 10.1 Å². The molecule has 0 radical (unpaired) electrons. The van der Waals surface area contributed by atoms with Crippen molar-refractivity contribution in [3.8, 4) is 5.75 Å². The molecule has 10 heteroatoms. The lowest BCUT2D eigenvalue weighted by molar-refractivity contribution is 0.0943. The molecule has 0 unspecified atom stereocenters. The topological polar surface area (TPSA) is 74.0 Å². The van der Waals surface area contributed by atoms with Crippen molar-refractivity contribution in [2.45, 2.75) is 13.3 Å². The average molecular weight is 415 g/mol. The summed E-state index contributed by atoms with van der Waals surface area (Å²) in [6.45, 7) is 0.347. The Balaban J connectivity index is 1.57. The summed E-state index contributed by atoms with van der Waals surface area (Å²) in [5.41, 5.74) is 0.967. The van der Waals surface area contributed by atoms with E-state index >= 15 is 0 Å². The number of hydrogen-bond acceptors (Lipinski definition) is 4. The zero-order valence-corrected chi connectivity index (χ0v) is 15.9. The smallest absolute Gasteiger partial charge is 0.272 e. The molecule has 7 nitrogen and oxygen atoms in total. The van der Waals surface area contributed by atoms with Crippen LogP contribution in [-0.2, 0) is 20.3 Å². The lowest BCUT2D eigenvalue weighted by Gasteiger charge is -2.08. The molecule has 0 spiro atoms. The Bertz CT molecular complexity index is 918. The molecular weight excluding hydrogens is 401 g/mol. The molecule has 3 rings (SSSR count). The molecule has 0 aliphatic carbocycles. The standard InChI is InChI=1S/C16H14Cl3N5O2/c1-23-14(12(19)7-21-23)8-20-16(25)13-4-5-24(22-13)9-26-15-3-2-10(17)6-11(15)18/h2-7H,8-9H2,1H3,(H,20,25). The van der Waals surface area contributed by atoms with E-state index in [4.69, 9.17) is 39.5 Å². The third-order valence-corrected chi connectivity index (χ3v) is 4.39. The fraction of sp³-hybridized carbons (Fsp3) is 0.188. The van der Waals surface area contributed by atoms with Crippen LogP contribution in [0.5, 0.6) is 5.75 Å². The van der Waals surface area contributed by atoms with E-state index in [1.54, 1.807) is 42.2 Å². The van der Waals surface area contributed by atoms with Gasteiger partial charge in [0.1, 0.15) is 11.4 Å². The van der Waals surface area contributed by atoms with Gasteiger partial charge in [0.2, 0.25) is 0 Å². The third-order valence-electron chi connectivity index (χ3n) is 3.55. The Kier molecular flexibility index (Phi) is 5.70. The molecular formula is C16H14Cl3N5O2. The van der Waals surface area contributed by atoms with Gasteiger partial charge in [0.25, 0.3) is 5.91 Å². The normalized spacial score (nSPS) is 10.8. The van der Waals surface area contributed by atoms with Crippen LogP contribution in [0.25, 0.3) is 0 Å².